The number of hydrogen-bond acceptors (Lipinski definition) is 5. The number of nitrogens with one attached hydrogen (secondary N) is 1. The SMILES string of the molecule is C=CCN1CNc2cc(Cl)c(S(N)(=O)=O)cc2S1(=O)=O. The molecule has 0 aromatic heterocycles. The Bertz CT molecular complexity index is 774. The quantitative estimate of drug-likeness (QED) is 0.783. The second kappa shape index (κ2) is 5.01. The molecule has 1 aliphatic heterocycles. The fourth-order valence-electron chi connectivity index (χ4n) is 1.81. The third-order valence-corrected chi connectivity index (χ3v) is 5.96. The van der Waals surface area contributed by atoms with Gasteiger partial charge in [-0.15, -0.1) is 6.58 Å². The van der Waals surface area contributed by atoms with Gasteiger partial charge in [0.2, 0.25) is 20.0 Å². The van der Waals surface area contributed by atoms with Crippen LogP contribution in [0.3, 0.4) is 0 Å². The van der Waals surface area contributed by atoms with E-state index in [2.05, 4.69) is 11.9 Å². The Balaban J connectivity index is 2.69. The first kappa shape index (κ1) is 15.3. The number of primary sulfonamides is 1. The Morgan fingerprint density at radius 3 is 2.70 bits per heavy atom. The monoisotopic (exact) mass is 337 g/mol. The molecule has 1 aliphatic rings. The lowest BCUT2D eigenvalue weighted by atomic mass is 10.3. The number of halogens is 1. The van der Waals surface area contributed by atoms with Crippen LogP contribution < -0.4 is 10.5 Å². The van der Waals surface area contributed by atoms with Gasteiger partial charge in [-0.1, -0.05) is 17.7 Å². The zero-order valence-electron chi connectivity index (χ0n) is 10.2. The third-order valence-electron chi connectivity index (χ3n) is 2.74. The van der Waals surface area contributed by atoms with Gasteiger partial charge in [0.05, 0.1) is 17.4 Å². The van der Waals surface area contributed by atoms with E-state index in [1.807, 2.05) is 0 Å². The molecule has 1 heterocycles. The maximum Gasteiger partial charge on any atom is 0.246 e. The van der Waals surface area contributed by atoms with Gasteiger partial charge in [0, 0.05) is 6.54 Å². The smallest absolute Gasteiger partial charge is 0.246 e. The third kappa shape index (κ3) is 2.54. The molecule has 2 rings (SSSR count). The molecule has 7 nitrogen and oxygen atoms in total. The summed E-state index contributed by atoms with van der Waals surface area (Å²) in [6.07, 6.45) is 1.43. The first-order chi connectivity index (χ1) is 9.17. The van der Waals surface area contributed by atoms with Gasteiger partial charge in [0.15, 0.2) is 0 Å². The van der Waals surface area contributed by atoms with Crippen LogP contribution in [0.5, 0.6) is 0 Å². The van der Waals surface area contributed by atoms with Gasteiger partial charge < -0.3 is 5.32 Å². The van der Waals surface area contributed by atoms with Crippen LogP contribution >= 0.6 is 11.6 Å². The van der Waals surface area contributed by atoms with E-state index >= 15 is 0 Å². The van der Waals surface area contributed by atoms with Crippen LogP contribution in [-0.2, 0) is 20.0 Å². The lowest BCUT2D eigenvalue weighted by Crippen LogP contribution is -2.39. The van der Waals surface area contributed by atoms with Crippen LogP contribution in [0, 0.1) is 0 Å². The molecule has 0 bridgehead atoms. The second-order valence-corrected chi connectivity index (χ2v) is 7.93. The molecule has 0 aliphatic carbocycles. The minimum atomic E-state index is -4.11. The number of anilines is 1. The molecule has 0 atom stereocenters. The van der Waals surface area contributed by atoms with Crippen LogP contribution in [0.25, 0.3) is 0 Å². The molecular formula is C10H12ClN3O4S2. The van der Waals surface area contributed by atoms with Crippen LogP contribution in [0.1, 0.15) is 0 Å². The molecule has 3 N–H and O–H groups in total. The number of fused-ring (bicyclic) bond motifs is 1. The predicted octanol–water partition coefficient (Wildman–Crippen LogP) is 0.547. The zero-order chi connectivity index (χ0) is 15.1. The number of benzene rings is 1. The van der Waals surface area contributed by atoms with Crippen molar-refractivity contribution in [3.63, 3.8) is 0 Å². The van der Waals surface area contributed by atoms with Crippen molar-refractivity contribution in [3.05, 3.63) is 29.8 Å². The van der Waals surface area contributed by atoms with Crippen molar-refractivity contribution in [3.8, 4) is 0 Å². The van der Waals surface area contributed by atoms with E-state index < -0.39 is 24.9 Å². The summed E-state index contributed by atoms with van der Waals surface area (Å²) in [4.78, 5) is -0.609. The van der Waals surface area contributed by atoms with Crippen molar-refractivity contribution >= 4 is 37.3 Å². The van der Waals surface area contributed by atoms with Crippen molar-refractivity contribution in [2.75, 3.05) is 18.5 Å². The number of sulfonamides is 2. The van der Waals surface area contributed by atoms with Gasteiger partial charge in [0.25, 0.3) is 0 Å². The Morgan fingerprint density at radius 1 is 1.50 bits per heavy atom. The molecule has 0 amide bonds. The van der Waals surface area contributed by atoms with Crippen LogP contribution in [0.4, 0.5) is 5.69 Å². The Kier molecular flexibility index (Phi) is 3.82. The predicted molar refractivity (Wildman–Crippen MR) is 75.4 cm³/mol. The van der Waals surface area contributed by atoms with Gasteiger partial charge in [-0.2, -0.15) is 4.31 Å². The van der Waals surface area contributed by atoms with Gasteiger partial charge >= 0.3 is 0 Å². The summed E-state index contributed by atoms with van der Waals surface area (Å²) < 4.78 is 48.6. The molecule has 0 saturated heterocycles. The number of hydrogen-bond donors (Lipinski definition) is 2. The van der Waals surface area contributed by atoms with Gasteiger partial charge in [-0.05, 0) is 12.1 Å². The van der Waals surface area contributed by atoms with E-state index in [1.54, 1.807) is 0 Å². The summed E-state index contributed by atoms with van der Waals surface area (Å²) in [5.74, 6) is 0. The Labute approximate surface area is 122 Å². The lowest BCUT2D eigenvalue weighted by Gasteiger charge is -2.29. The highest BCUT2D eigenvalue weighted by atomic mass is 35.5. The second-order valence-electron chi connectivity index (χ2n) is 4.09. The molecule has 110 valence electrons. The summed E-state index contributed by atoms with van der Waals surface area (Å²) in [5.41, 5.74) is 0.239. The topological polar surface area (TPSA) is 110 Å². The Morgan fingerprint density at radius 2 is 2.15 bits per heavy atom. The van der Waals surface area contributed by atoms with Crippen LogP contribution in [0.15, 0.2) is 34.6 Å². The van der Waals surface area contributed by atoms with Crippen molar-refractivity contribution in [2.45, 2.75) is 9.79 Å². The van der Waals surface area contributed by atoms with Crippen molar-refractivity contribution in [2.24, 2.45) is 5.14 Å². The van der Waals surface area contributed by atoms with Gasteiger partial charge in [-0.3, -0.25) is 0 Å². The molecule has 10 heteroatoms. The van der Waals surface area contributed by atoms with E-state index in [4.69, 9.17) is 16.7 Å². The number of nitrogens with zero attached hydrogens (tertiary/aromatic N) is 1. The molecule has 0 fully saturated rings. The Hall–Kier alpha value is -1.13. The van der Waals surface area contributed by atoms with Crippen LogP contribution in [0.2, 0.25) is 5.02 Å². The molecule has 0 unspecified atom stereocenters. The zero-order valence-corrected chi connectivity index (χ0v) is 12.6. The normalized spacial score (nSPS) is 18.1. The highest BCUT2D eigenvalue weighted by Crippen LogP contribution is 2.35. The summed E-state index contributed by atoms with van der Waals surface area (Å²) >= 11 is 5.81. The van der Waals surface area contributed by atoms with E-state index in [0.717, 1.165) is 10.4 Å². The average molecular weight is 338 g/mol. The van der Waals surface area contributed by atoms with E-state index in [1.165, 1.54) is 12.1 Å². The molecule has 0 radical (unpaired) electrons. The molecule has 20 heavy (non-hydrogen) atoms. The fraction of sp³-hybridized carbons (Fsp3) is 0.200. The van der Waals surface area contributed by atoms with E-state index in [9.17, 15) is 16.8 Å². The first-order valence-electron chi connectivity index (χ1n) is 5.39. The maximum absolute atomic E-state index is 12.3. The largest absolute Gasteiger partial charge is 0.370 e. The minimum absolute atomic E-state index is 0.0480. The standard InChI is InChI=1S/C10H12ClN3O4S2/c1-2-3-14-6-13-8-4-7(11)9(19(12,15)16)5-10(8)20(14,17)18/h2,4-5,13H,1,3,6H2,(H2,12,15,16). The highest BCUT2D eigenvalue weighted by molar-refractivity contribution is 7.90. The van der Waals surface area contributed by atoms with Crippen LogP contribution in [-0.4, -0.2) is 34.4 Å². The van der Waals surface area contributed by atoms with Gasteiger partial charge in [0.1, 0.15) is 9.79 Å². The molecule has 1 aromatic carbocycles. The molecule has 0 saturated carbocycles. The van der Waals surface area contributed by atoms with E-state index in [-0.39, 0.29) is 28.8 Å². The van der Waals surface area contributed by atoms with Crippen molar-refractivity contribution < 1.29 is 16.8 Å². The van der Waals surface area contributed by atoms with Gasteiger partial charge in [-0.25, -0.2) is 22.0 Å². The fourth-order valence-corrected chi connectivity index (χ4v) is 4.47. The summed E-state index contributed by atoms with van der Waals surface area (Å²) in [5, 5.41) is 7.73. The lowest BCUT2D eigenvalue weighted by molar-refractivity contribution is 0.456. The number of nitrogens with two attached hydrogens (primary N) is 1. The molecular weight excluding hydrogens is 326 g/mol. The number of rotatable bonds is 3. The average Bonchev–Trinajstić information content (AvgIpc) is 2.31. The molecule has 0 spiro atoms. The maximum atomic E-state index is 12.3. The highest BCUT2D eigenvalue weighted by Gasteiger charge is 2.32. The minimum Gasteiger partial charge on any atom is -0.370 e. The summed E-state index contributed by atoms with van der Waals surface area (Å²) in [6.45, 7) is 3.62. The first-order valence-corrected chi connectivity index (χ1v) is 8.75. The summed E-state index contributed by atoms with van der Waals surface area (Å²) in [6, 6.07) is 2.20. The summed E-state index contributed by atoms with van der Waals surface area (Å²) in [7, 11) is -7.93. The molecule has 1 aromatic rings. The van der Waals surface area contributed by atoms with Crippen molar-refractivity contribution in [1.82, 2.24) is 4.31 Å². The van der Waals surface area contributed by atoms with E-state index in [0.29, 0.717) is 0 Å². The van der Waals surface area contributed by atoms with Crippen molar-refractivity contribution in [1.29, 1.82) is 0 Å².